The second kappa shape index (κ2) is 9.04. The number of nitrogens with zero attached hydrogens (tertiary/aromatic N) is 2. The van der Waals surface area contributed by atoms with Crippen molar-refractivity contribution in [1.82, 2.24) is 4.90 Å². The summed E-state index contributed by atoms with van der Waals surface area (Å²) in [6.45, 7) is 3.74. The number of carbonyl (C=O) groups is 4. The van der Waals surface area contributed by atoms with Gasteiger partial charge in [-0.1, -0.05) is 64.5 Å². The molecule has 6 atom stereocenters. The fourth-order valence-corrected chi connectivity index (χ4v) is 8.27. The number of imide groups is 2. The highest BCUT2D eigenvalue weighted by atomic mass is 79.9. The first kappa shape index (κ1) is 26.3. The molecule has 1 saturated carbocycles. The SMILES string of the molecule is C=Cc1ccc(N2C(=O)[C@H]3[C@H](CC=C4[C@H]3C[C@@]3(Cl)C(=O)N(CBr)C(=O)[C@@]3(Cl)[C@H]4c3cccc(O)c3)C2=O)cc1. The maximum atomic E-state index is 14.0. The number of alkyl halides is 3. The molecule has 4 amide bonds. The van der Waals surface area contributed by atoms with Gasteiger partial charge in [0.05, 0.1) is 23.0 Å². The molecule has 2 aromatic carbocycles. The molecular weight excluding hydrogens is 607 g/mol. The lowest BCUT2D eigenvalue weighted by molar-refractivity contribution is -0.138. The van der Waals surface area contributed by atoms with Crippen molar-refractivity contribution in [2.24, 2.45) is 17.8 Å². The van der Waals surface area contributed by atoms with E-state index >= 15 is 0 Å². The van der Waals surface area contributed by atoms with Crippen LogP contribution in [0.5, 0.6) is 5.75 Å². The number of phenolic OH excluding ortho intramolecular Hbond substituents is 1. The summed E-state index contributed by atoms with van der Waals surface area (Å²) in [4.78, 5) is 53.3. The van der Waals surface area contributed by atoms with Crippen molar-refractivity contribution in [3.05, 3.63) is 77.9 Å². The lowest BCUT2D eigenvalue weighted by Gasteiger charge is -2.50. The second-order valence-electron chi connectivity index (χ2n) is 10.4. The molecule has 1 N–H and O–H groups in total. The molecule has 0 radical (unpaired) electrons. The van der Waals surface area contributed by atoms with Crippen LogP contribution in [0.15, 0.2) is 66.8 Å². The van der Waals surface area contributed by atoms with E-state index in [0.29, 0.717) is 16.8 Å². The maximum absolute atomic E-state index is 14.0. The van der Waals surface area contributed by atoms with Gasteiger partial charge in [0, 0.05) is 5.92 Å². The number of hydrogen-bond donors (Lipinski definition) is 1. The number of fused-ring (bicyclic) bond motifs is 4. The third-order valence-electron chi connectivity index (χ3n) is 8.61. The van der Waals surface area contributed by atoms with Gasteiger partial charge in [-0.3, -0.25) is 29.0 Å². The summed E-state index contributed by atoms with van der Waals surface area (Å²) >= 11 is 17.5. The predicted octanol–water partition coefficient (Wildman–Crippen LogP) is 4.95. The van der Waals surface area contributed by atoms with Crippen molar-refractivity contribution in [3.8, 4) is 5.75 Å². The van der Waals surface area contributed by atoms with Gasteiger partial charge >= 0.3 is 0 Å². The van der Waals surface area contributed by atoms with E-state index in [-0.39, 0.29) is 35.9 Å². The Morgan fingerprint density at radius 2 is 1.74 bits per heavy atom. The van der Waals surface area contributed by atoms with Crippen molar-refractivity contribution >= 4 is 74.5 Å². The summed E-state index contributed by atoms with van der Waals surface area (Å²) in [5, 5.41) is 10.3. The van der Waals surface area contributed by atoms with Gasteiger partial charge in [-0.25, -0.2) is 0 Å². The van der Waals surface area contributed by atoms with E-state index in [9.17, 15) is 24.3 Å². The molecule has 2 aromatic rings. The van der Waals surface area contributed by atoms with Crippen LogP contribution in [-0.2, 0) is 19.2 Å². The van der Waals surface area contributed by atoms with Gasteiger partial charge in [-0.15, -0.1) is 23.2 Å². The summed E-state index contributed by atoms with van der Waals surface area (Å²) in [7, 11) is 0. The Balaban J connectivity index is 1.50. The van der Waals surface area contributed by atoms with E-state index in [1.54, 1.807) is 42.5 Å². The Bertz CT molecular complexity index is 1490. The van der Waals surface area contributed by atoms with Crippen LogP contribution in [0.3, 0.4) is 0 Å². The van der Waals surface area contributed by atoms with E-state index < -0.39 is 45.2 Å². The van der Waals surface area contributed by atoms with Crippen molar-refractivity contribution < 1.29 is 24.3 Å². The Kier molecular flexibility index (Phi) is 6.10. The number of aromatic hydroxyl groups is 1. The molecule has 2 aliphatic heterocycles. The molecule has 200 valence electrons. The third kappa shape index (κ3) is 3.41. The normalized spacial score (nSPS) is 33.6. The van der Waals surface area contributed by atoms with Crippen LogP contribution in [0.2, 0.25) is 0 Å². The maximum Gasteiger partial charge on any atom is 0.254 e. The number of allylic oxidation sites excluding steroid dienone is 2. The molecule has 2 heterocycles. The van der Waals surface area contributed by atoms with Crippen LogP contribution in [0.25, 0.3) is 6.08 Å². The minimum atomic E-state index is -1.89. The van der Waals surface area contributed by atoms with Crippen LogP contribution in [-0.4, -0.2) is 48.8 Å². The Morgan fingerprint density at radius 3 is 2.38 bits per heavy atom. The van der Waals surface area contributed by atoms with Gasteiger partial charge in [-0.05, 0) is 54.2 Å². The highest BCUT2D eigenvalue weighted by molar-refractivity contribution is 9.09. The molecular formula is C29H23BrCl2N2O5. The number of phenols is 1. The molecule has 39 heavy (non-hydrogen) atoms. The zero-order chi connectivity index (χ0) is 27.9. The average Bonchev–Trinajstić information content (AvgIpc) is 3.26. The molecule has 0 spiro atoms. The predicted molar refractivity (Wildman–Crippen MR) is 150 cm³/mol. The summed E-state index contributed by atoms with van der Waals surface area (Å²) in [5.41, 5.74) is 2.38. The molecule has 4 aliphatic rings. The Labute approximate surface area is 243 Å². The summed E-state index contributed by atoms with van der Waals surface area (Å²) < 4.78 is 0. The molecule has 10 heteroatoms. The van der Waals surface area contributed by atoms with Crippen LogP contribution in [0, 0.1) is 17.8 Å². The number of amides is 4. The number of carbonyl (C=O) groups excluding carboxylic acids is 4. The fraction of sp³-hybridized carbons (Fsp3) is 0.310. The standard InChI is InChI=1S/C29H23BrCl2N2O5/c1-2-15-6-8-17(9-7-15)34-24(36)20-11-10-19-21(22(20)25(34)37)13-28(31)26(38)33(14-30)27(39)29(28,32)23(19)16-4-3-5-18(35)12-16/h2-10,12,20-23,35H,1,11,13-14H2/t20-,21+,22-,23-,28+,29-/m0/s1. The third-order valence-corrected chi connectivity index (χ3v) is 10.5. The van der Waals surface area contributed by atoms with Crippen molar-refractivity contribution in [2.45, 2.75) is 28.5 Å². The second-order valence-corrected chi connectivity index (χ2v) is 12.1. The molecule has 7 nitrogen and oxygen atoms in total. The van der Waals surface area contributed by atoms with Gasteiger partial charge in [0.2, 0.25) is 11.8 Å². The van der Waals surface area contributed by atoms with Crippen molar-refractivity contribution in [3.63, 3.8) is 0 Å². The number of benzene rings is 2. The molecule has 2 saturated heterocycles. The molecule has 6 rings (SSSR count). The number of likely N-dealkylation sites (tertiary alicyclic amines) is 1. The van der Waals surface area contributed by atoms with Gasteiger partial charge < -0.3 is 5.11 Å². The van der Waals surface area contributed by atoms with E-state index in [4.69, 9.17) is 23.2 Å². The monoisotopic (exact) mass is 628 g/mol. The van der Waals surface area contributed by atoms with Crippen molar-refractivity contribution in [2.75, 3.05) is 10.4 Å². The lowest BCUT2D eigenvalue weighted by Crippen LogP contribution is -2.60. The molecule has 0 bridgehead atoms. The smallest absolute Gasteiger partial charge is 0.254 e. The van der Waals surface area contributed by atoms with E-state index in [0.717, 1.165) is 10.5 Å². The zero-order valence-electron chi connectivity index (χ0n) is 20.5. The zero-order valence-corrected chi connectivity index (χ0v) is 23.6. The van der Waals surface area contributed by atoms with E-state index in [1.165, 1.54) is 17.0 Å². The summed E-state index contributed by atoms with van der Waals surface area (Å²) in [5.74, 6) is -4.99. The fourth-order valence-electron chi connectivity index (χ4n) is 6.85. The van der Waals surface area contributed by atoms with Crippen LogP contribution in [0.4, 0.5) is 5.69 Å². The average molecular weight is 630 g/mol. The minimum absolute atomic E-state index is 0.0419. The topological polar surface area (TPSA) is 95.0 Å². The molecule has 0 unspecified atom stereocenters. The first-order valence-corrected chi connectivity index (χ1v) is 14.4. The lowest BCUT2D eigenvalue weighted by atomic mass is 9.56. The highest BCUT2D eigenvalue weighted by Gasteiger charge is 2.76. The van der Waals surface area contributed by atoms with Gasteiger partial charge in [0.1, 0.15) is 5.75 Å². The summed E-state index contributed by atoms with van der Waals surface area (Å²) in [6, 6.07) is 13.3. The number of hydrogen-bond acceptors (Lipinski definition) is 5. The first-order valence-electron chi connectivity index (χ1n) is 12.5. The Morgan fingerprint density at radius 1 is 1.03 bits per heavy atom. The van der Waals surface area contributed by atoms with E-state index in [1.807, 2.05) is 6.08 Å². The Hall–Kier alpha value is -2.94. The highest BCUT2D eigenvalue weighted by Crippen LogP contribution is 2.65. The van der Waals surface area contributed by atoms with E-state index in [2.05, 4.69) is 22.5 Å². The number of anilines is 1. The molecule has 2 aliphatic carbocycles. The van der Waals surface area contributed by atoms with Crippen LogP contribution >= 0.6 is 39.1 Å². The van der Waals surface area contributed by atoms with Gasteiger partial charge in [-0.2, -0.15) is 0 Å². The quantitative estimate of drug-likeness (QED) is 0.224. The van der Waals surface area contributed by atoms with Gasteiger partial charge in [0.25, 0.3) is 11.8 Å². The van der Waals surface area contributed by atoms with Crippen LogP contribution in [0.1, 0.15) is 29.9 Å². The van der Waals surface area contributed by atoms with Crippen LogP contribution < -0.4 is 4.90 Å². The molecule has 3 fully saturated rings. The minimum Gasteiger partial charge on any atom is -0.508 e. The first-order chi connectivity index (χ1) is 18.6. The largest absolute Gasteiger partial charge is 0.508 e. The summed E-state index contributed by atoms with van der Waals surface area (Å²) in [6.07, 6.45) is 3.72. The number of halogens is 3. The van der Waals surface area contributed by atoms with Crippen molar-refractivity contribution in [1.29, 1.82) is 0 Å². The van der Waals surface area contributed by atoms with Gasteiger partial charge in [0.15, 0.2) is 9.75 Å². The number of rotatable bonds is 4. The molecule has 0 aromatic heterocycles.